The summed E-state index contributed by atoms with van der Waals surface area (Å²) in [5, 5.41) is 8.42. The van der Waals surface area contributed by atoms with Gasteiger partial charge in [0.2, 0.25) is 0 Å². The maximum absolute atomic E-state index is 4.22. The van der Waals surface area contributed by atoms with Gasteiger partial charge < -0.3 is 0 Å². The van der Waals surface area contributed by atoms with Crippen LogP contribution in [0.25, 0.3) is 10.9 Å². The van der Waals surface area contributed by atoms with E-state index < -0.39 is 0 Å². The average Bonchev–Trinajstić information content (AvgIpc) is 2.55. The molecule has 1 heterocycles. The van der Waals surface area contributed by atoms with E-state index in [-0.39, 0.29) is 0 Å². The van der Waals surface area contributed by atoms with Crippen molar-refractivity contribution < 1.29 is 0 Å². The minimum absolute atomic E-state index is 0.964. The number of aromatic nitrogens is 2. The SMILES string of the molecule is CCc1[nH]nc2ccc(Br)c(Br)c12. The molecular formula is C9H8Br2N2. The van der Waals surface area contributed by atoms with Gasteiger partial charge in [0.25, 0.3) is 0 Å². The number of hydrogen-bond donors (Lipinski definition) is 1. The Balaban J connectivity index is 2.85. The van der Waals surface area contributed by atoms with Crippen LogP contribution in [0, 0.1) is 0 Å². The molecule has 0 unspecified atom stereocenters. The van der Waals surface area contributed by atoms with Crippen molar-refractivity contribution in [3.8, 4) is 0 Å². The van der Waals surface area contributed by atoms with Gasteiger partial charge in [0.1, 0.15) is 0 Å². The summed E-state index contributed by atoms with van der Waals surface area (Å²) in [6, 6.07) is 3.99. The van der Waals surface area contributed by atoms with Crippen molar-refractivity contribution in [3.63, 3.8) is 0 Å². The average molecular weight is 304 g/mol. The molecule has 0 saturated heterocycles. The molecule has 0 radical (unpaired) electrons. The molecule has 0 saturated carbocycles. The normalized spacial score (nSPS) is 11.0. The number of H-pyrrole nitrogens is 1. The highest BCUT2D eigenvalue weighted by Crippen LogP contribution is 2.32. The van der Waals surface area contributed by atoms with E-state index in [1.165, 1.54) is 11.1 Å². The lowest BCUT2D eigenvalue weighted by Gasteiger charge is -1.98. The van der Waals surface area contributed by atoms with Gasteiger partial charge >= 0.3 is 0 Å². The molecule has 2 rings (SSSR count). The largest absolute Gasteiger partial charge is 0.281 e. The number of benzene rings is 1. The molecule has 0 aliphatic carbocycles. The van der Waals surface area contributed by atoms with E-state index in [1.807, 2.05) is 12.1 Å². The summed E-state index contributed by atoms with van der Waals surface area (Å²) in [6.07, 6.45) is 0.964. The Morgan fingerprint density at radius 1 is 1.38 bits per heavy atom. The predicted molar refractivity (Wildman–Crippen MR) is 60.9 cm³/mol. The molecule has 1 N–H and O–H groups in total. The summed E-state index contributed by atoms with van der Waals surface area (Å²) < 4.78 is 2.15. The van der Waals surface area contributed by atoms with Crippen molar-refractivity contribution in [2.24, 2.45) is 0 Å². The number of aromatic amines is 1. The zero-order chi connectivity index (χ0) is 9.42. The number of fused-ring (bicyclic) bond motifs is 1. The summed E-state index contributed by atoms with van der Waals surface area (Å²) >= 11 is 7.02. The Bertz CT molecular complexity index is 448. The molecule has 0 atom stereocenters. The van der Waals surface area contributed by atoms with Gasteiger partial charge in [-0.2, -0.15) is 5.10 Å². The van der Waals surface area contributed by atoms with Gasteiger partial charge in [-0.05, 0) is 50.4 Å². The first kappa shape index (κ1) is 9.21. The van der Waals surface area contributed by atoms with Crippen LogP contribution in [0.5, 0.6) is 0 Å². The zero-order valence-electron chi connectivity index (χ0n) is 7.06. The molecular weight excluding hydrogens is 296 g/mol. The molecule has 68 valence electrons. The van der Waals surface area contributed by atoms with Crippen molar-refractivity contribution >= 4 is 42.8 Å². The van der Waals surface area contributed by atoms with Gasteiger partial charge in [-0.15, -0.1) is 0 Å². The molecule has 0 bridgehead atoms. The topological polar surface area (TPSA) is 28.7 Å². The van der Waals surface area contributed by atoms with Gasteiger partial charge in [-0.25, -0.2) is 0 Å². The van der Waals surface area contributed by atoms with Crippen LogP contribution in [0.1, 0.15) is 12.6 Å². The highest BCUT2D eigenvalue weighted by Gasteiger charge is 2.09. The van der Waals surface area contributed by atoms with E-state index in [0.717, 1.165) is 20.9 Å². The van der Waals surface area contributed by atoms with E-state index in [0.29, 0.717) is 0 Å². The second-order valence-electron chi connectivity index (χ2n) is 2.81. The quantitative estimate of drug-likeness (QED) is 0.856. The minimum Gasteiger partial charge on any atom is -0.281 e. The molecule has 13 heavy (non-hydrogen) atoms. The maximum atomic E-state index is 4.22. The van der Waals surface area contributed by atoms with Crippen LogP contribution in [0.4, 0.5) is 0 Å². The van der Waals surface area contributed by atoms with Crippen LogP contribution in [-0.2, 0) is 6.42 Å². The lowest BCUT2D eigenvalue weighted by atomic mass is 10.2. The first-order valence-electron chi connectivity index (χ1n) is 4.05. The van der Waals surface area contributed by atoms with E-state index in [9.17, 15) is 0 Å². The van der Waals surface area contributed by atoms with Crippen molar-refractivity contribution in [2.45, 2.75) is 13.3 Å². The summed E-state index contributed by atoms with van der Waals surface area (Å²) in [5.41, 5.74) is 2.18. The molecule has 0 aliphatic rings. The fraction of sp³-hybridized carbons (Fsp3) is 0.222. The number of halogens is 2. The summed E-state index contributed by atoms with van der Waals surface area (Å²) in [5.74, 6) is 0. The molecule has 0 fully saturated rings. The maximum Gasteiger partial charge on any atom is 0.0935 e. The van der Waals surface area contributed by atoms with Crippen molar-refractivity contribution in [1.82, 2.24) is 10.2 Å². The number of nitrogens with zero attached hydrogens (tertiary/aromatic N) is 1. The minimum atomic E-state index is 0.964. The van der Waals surface area contributed by atoms with Crippen LogP contribution in [0.2, 0.25) is 0 Å². The van der Waals surface area contributed by atoms with Crippen LogP contribution >= 0.6 is 31.9 Å². The Morgan fingerprint density at radius 3 is 2.85 bits per heavy atom. The second-order valence-corrected chi connectivity index (χ2v) is 4.46. The molecule has 0 aliphatic heterocycles. The molecule has 2 aromatic rings. The van der Waals surface area contributed by atoms with E-state index >= 15 is 0 Å². The Labute approximate surface area is 93.0 Å². The summed E-state index contributed by atoms with van der Waals surface area (Å²) in [6.45, 7) is 2.11. The van der Waals surface area contributed by atoms with Crippen LogP contribution in [-0.4, -0.2) is 10.2 Å². The standard InChI is InChI=1S/C9H8Br2N2/c1-2-6-8-7(13-12-6)4-3-5(10)9(8)11/h3-4H,2H2,1H3,(H,12,13). The molecule has 0 amide bonds. The van der Waals surface area contributed by atoms with Crippen LogP contribution < -0.4 is 0 Å². The van der Waals surface area contributed by atoms with Crippen molar-refractivity contribution in [1.29, 1.82) is 0 Å². The molecule has 1 aromatic carbocycles. The fourth-order valence-corrected chi connectivity index (χ4v) is 2.27. The first-order valence-corrected chi connectivity index (χ1v) is 5.63. The Hall–Kier alpha value is -0.350. The highest BCUT2D eigenvalue weighted by atomic mass is 79.9. The highest BCUT2D eigenvalue weighted by molar-refractivity contribution is 9.13. The van der Waals surface area contributed by atoms with E-state index in [2.05, 4.69) is 49.0 Å². The number of hydrogen-bond acceptors (Lipinski definition) is 1. The Morgan fingerprint density at radius 2 is 2.15 bits per heavy atom. The lowest BCUT2D eigenvalue weighted by Crippen LogP contribution is -1.81. The van der Waals surface area contributed by atoms with Crippen LogP contribution in [0.3, 0.4) is 0 Å². The summed E-state index contributed by atoms with van der Waals surface area (Å²) in [7, 11) is 0. The third-order valence-corrected chi connectivity index (χ3v) is 4.06. The number of aryl methyl sites for hydroxylation is 1. The Kier molecular flexibility index (Phi) is 2.43. The van der Waals surface area contributed by atoms with E-state index in [4.69, 9.17) is 0 Å². The van der Waals surface area contributed by atoms with Gasteiger partial charge in [-0.3, -0.25) is 5.10 Å². The molecule has 0 spiro atoms. The van der Waals surface area contributed by atoms with Gasteiger partial charge in [0, 0.05) is 20.0 Å². The summed E-state index contributed by atoms with van der Waals surface area (Å²) in [4.78, 5) is 0. The fourth-order valence-electron chi connectivity index (χ4n) is 1.36. The second kappa shape index (κ2) is 3.42. The number of nitrogens with one attached hydrogen (secondary N) is 1. The van der Waals surface area contributed by atoms with Gasteiger partial charge in [0.15, 0.2) is 0 Å². The number of rotatable bonds is 1. The van der Waals surface area contributed by atoms with Gasteiger partial charge in [-0.1, -0.05) is 6.92 Å². The molecule has 2 nitrogen and oxygen atoms in total. The monoisotopic (exact) mass is 302 g/mol. The lowest BCUT2D eigenvalue weighted by molar-refractivity contribution is 0.988. The predicted octanol–water partition coefficient (Wildman–Crippen LogP) is 3.65. The van der Waals surface area contributed by atoms with Crippen molar-refractivity contribution in [2.75, 3.05) is 0 Å². The van der Waals surface area contributed by atoms with E-state index in [1.54, 1.807) is 0 Å². The third kappa shape index (κ3) is 1.42. The molecule has 1 aromatic heterocycles. The molecule has 4 heteroatoms. The van der Waals surface area contributed by atoms with Crippen molar-refractivity contribution in [3.05, 3.63) is 26.8 Å². The van der Waals surface area contributed by atoms with Gasteiger partial charge in [0.05, 0.1) is 5.52 Å². The zero-order valence-corrected chi connectivity index (χ0v) is 10.2. The van der Waals surface area contributed by atoms with Crippen LogP contribution in [0.15, 0.2) is 21.1 Å². The smallest absolute Gasteiger partial charge is 0.0935 e. The third-order valence-electron chi connectivity index (χ3n) is 2.04. The first-order chi connectivity index (χ1) is 6.24.